The van der Waals surface area contributed by atoms with E-state index in [-0.39, 0.29) is 0 Å². The van der Waals surface area contributed by atoms with Crippen LogP contribution in [0.25, 0.3) is 0 Å². The van der Waals surface area contributed by atoms with Crippen molar-refractivity contribution < 1.29 is 4.74 Å². The van der Waals surface area contributed by atoms with Crippen LogP contribution >= 0.6 is 33.3 Å². The summed E-state index contributed by atoms with van der Waals surface area (Å²) in [7, 11) is 5.35. The first-order valence-electron chi connectivity index (χ1n) is 7.03. The molecule has 0 aliphatic rings. The molecule has 1 nitrogen and oxygen atoms in total. The standard InChI is InChI=1S/C18H20OS3/c1-15-4-6-16(7-5-15)14-22-21-13-3-12-20-18-10-8-17(19-2)9-11-18/h3-11,13H,12,14H2,1-2H3/b13-3+. The van der Waals surface area contributed by atoms with Gasteiger partial charge in [0, 0.05) is 16.4 Å². The van der Waals surface area contributed by atoms with Crippen LogP contribution in [0.5, 0.6) is 5.75 Å². The molecule has 0 amide bonds. The van der Waals surface area contributed by atoms with Crippen molar-refractivity contribution in [1.82, 2.24) is 0 Å². The Balaban J connectivity index is 1.60. The molecule has 4 heteroatoms. The lowest BCUT2D eigenvalue weighted by atomic mass is 10.2. The van der Waals surface area contributed by atoms with Gasteiger partial charge >= 0.3 is 0 Å². The summed E-state index contributed by atoms with van der Waals surface area (Å²) >= 11 is 1.83. The number of thioether (sulfide) groups is 1. The third-order valence-electron chi connectivity index (χ3n) is 2.97. The summed E-state index contributed by atoms with van der Waals surface area (Å²) in [5.74, 6) is 2.94. The highest BCUT2D eigenvalue weighted by molar-refractivity contribution is 8.77. The molecule has 0 saturated carbocycles. The van der Waals surface area contributed by atoms with Crippen LogP contribution in [0.3, 0.4) is 0 Å². The van der Waals surface area contributed by atoms with Gasteiger partial charge < -0.3 is 4.74 Å². The summed E-state index contributed by atoms with van der Waals surface area (Å²) in [6.07, 6.45) is 2.21. The average Bonchev–Trinajstić information content (AvgIpc) is 2.56. The summed E-state index contributed by atoms with van der Waals surface area (Å²) in [4.78, 5) is 1.27. The molecule has 22 heavy (non-hydrogen) atoms. The van der Waals surface area contributed by atoms with Gasteiger partial charge in [-0.15, -0.1) is 11.8 Å². The van der Waals surface area contributed by atoms with Crippen molar-refractivity contribution >= 4 is 33.3 Å². The van der Waals surface area contributed by atoms with Crippen molar-refractivity contribution in [3.8, 4) is 5.75 Å². The zero-order valence-corrected chi connectivity index (χ0v) is 15.3. The molecule has 0 aliphatic carbocycles. The number of methoxy groups -OCH3 is 1. The molecule has 0 bridgehead atoms. The van der Waals surface area contributed by atoms with Crippen LogP contribution in [0.2, 0.25) is 0 Å². The van der Waals surface area contributed by atoms with E-state index in [0.717, 1.165) is 17.3 Å². The fraction of sp³-hybridized carbons (Fsp3) is 0.222. The van der Waals surface area contributed by atoms with Crippen LogP contribution in [0.4, 0.5) is 0 Å². The van der Waals surface area contributed by atoms with Crippen LogP contribution < -0.4 is 4.74 Å². The van der Waals surface area contributed by atoms with Gasteiger partial charge in [0.1, 0.15) is 5.75 Å². The van der Waals surface area contributed by atoms with Gasteiger partial charge in [-0.25, -0.2) is 0 Å². The lowest BCUT2D eigenvalue weighted by molar-refractivity contribution is 0.414. The van der Waals surface area contributed by atoms with Crippen molar-refractivity contribution in [2.75, 3.05) is 12.9 Å². The number of hydrogen-bond acceptors (Lipinski definition) is 4. The maximum absolute atomic E-state index is 5.15. The van der Waals surface area contributed by atoms with E-state index < -0.39 is 0 Å². The normalized spacial score (nSPS) is 11.0. The fourth-order valence-electron chi connectivity index (χ4n) is 1.72. The minimum absolute atomic E-state index is 0.906. The molecule has 0 N–H and O–H groups in total. The molecule has 2 rings (SSSR count). The number of ether oxygens (including phenoxy) is 1. The minimum atomic E-state index is 0.906. The lowest BCUT2D eigenvalue weighted by Gasteiger charge is -2.01. The molecule has 2 aromatic rings. The zero-order valence-electron chi connectivity index (χ0n) is 12.8. The maximum atomic E-state index is 5.15. The molecule has 0 radical (unpaired) electrons. The summed E-state index contributed by atoms with van der Waals surface area (Å²) in [5, 5.41) is 2.18. The van der Waals surface area contributed by atoms with Gasteiger partial charge in [0.05, 0.1) is 7.11 Å². The first-order chi connectivity index (χ1) is 10.8. The smallest absolute Gasteiger partial charge is 0.118 e. The third-order valence-corrected chi connectivity index (χ3v) is 5.92. The SMILES string of the molecule is COc1ccc(SC/C=C/SSCc2ccc(C)cc2)cc1. The van der Waals surface area contributed by atoms with Crippen LogP contribution in [0.15, 0.2) is 64.9 Å². The van der Waals surface area contributed by atoms with E-state index in [0.29, 0.717) is 0 Å². The van der Waals surface area contributed by atoms with Crippen LogP contribution in [-0.4, -0.2) is 12.9 Å². The van der Waals surface area contributed by atoms with Gasteiger partial charge in [-0.2, -0.15) is 0 Å². The van der Waals surface area contributed by atoms with E-state index >= 15 is 0 Å². The second kappa shape index (κ2) is 9.93. The Morgan fingerprint density at radius 2 is 1.73 bits per heavy atom. The quantitative estimate of drug-likeness (QED) is 0.319. The van der Waals surface area contributed by atoms with Gasteiger partial charge in [0.25, 0.3) is 0 Å². The highest BCUT2D eigenvalue weighted by atomic mass is 33.1. The van der Waals surface area contributed by atoms with Crippen molar-refractivity contribution in [2.24, 2.45) is 0 Å². The number of benzene rings is 2. The van der Waals surface area contributed by atoms with Crippen LogP contribution in [-0.2, 0) is 5.75 Å². The largest absolute Gasteiger partial charge is 0.497 e. The molecule has 0 spiro atoms. The Hall–Kier alpha value is -0.970. The molecule has 0 heterocycles. The Morgan fingerprint density at radius 1 is 1.00 bits per heavy atom. The predicted molar refractivity (Wildman–Crippen MR) is 103 cm³/mol. The second-order valence-corrected chi connectivity index (χ2v) is 8.07. The first kappa shape index (κ1) is 17.4. The Kier molecular flexibility index (Phi) is 7.85. The Labute approximate surface area is 145 Å². The molecule has 0 atom stereocenters. The molecule has 2 aromatic carbocycles. The van der Waals surface area contributed by atoms with E-state index in [1.807, 2.05) is 34.7 Å². The average molecular weight is 349 g/mol. The molecule has 0 aromatic heterocycles. The van der Waals surface area contributed by atoms with E-state index in [2.05, 4.69) is 54.8 Å². The monoisotopic (exact) mass is 348 g/mol. The van der Waals surface area contributed by atoms with Gasteiger partial charge in [-0.05, 0) is 42.2 Å². The maximum Gasteiger partial charge on any atom is 0.118 e. The summed E-state index contributed by atoms with van der Waals surface area (Å²) < 4.78 is 5.15. The second-order valence-electron chi connectivity index (χ2n) is 4.70. The van der Waals surface area contributed by atoms with Crippen LogP contribution in [0, 0.1) is 6.92 Å². The van der Waals surface area contributed by atoms with E-state index in [1.165, 1.54) is 16.0 Å². The molecular weight excluding hydrogens is 328 g/mol. The molecular formula is C18H20OS3. The topological polar surface area (TPSA) is 9.23 Å². The van der Waals surface area contributed by atoms with Crippen LogP contribution in [0.1, 0.15) is 11.1 Å². The summed E-state index contributed by atoms with van der Waals surface area (Å²) in [5.41, 5.74) is 2.70. The predicted octanol–water partition coefficient (Wildman–Crippen LogP) is 6.19. The third kappa shape index (κ3) is 6.42. The van der Waals surface area contributed by atoms with Crippen molar-refractivity contribution in [3.63, 3.8) is 0 Å². The zero-order chi connectivity index (χ0) is 15.6. The van der Waals surface area contributed by atoms with Gasteiger partial charge in [-0.3, -0.25) is 0 Å². The van der Waals surface area contributed by atoms with Crippen molar-refractivity contribution in [2.45, 2.75) is 17.6 Å². The molecule has 0 unspecified atom stereocenters. The van der Waals surface area contributed by atoms with Crippen molar-refractivity contribution in [3.05, 3.63) is 71.1 Å². The highest BCUT2D eigenvalue weighted by Crippen LogP contribution is 2.28. The molecule has 0 aliphatic heterocycles. The summed E-state index contributed by atoms with van der Waals surface area (Å²) in [6.45, 7) is 2.12. The van der Waals surface area contributed by atoms with E-state index in [4.69, 9.17) is 4.74 Å². The first-order valence-corrected chi connectivity index (χ1v) is 10.4. The lowest BCUT2D eigenvalue weighted by Crippen LogP contribution is -1.81. The molecule has 0 fully saturated rings. The number of hydrogen-bond donors (Lipinski definition) is 0. The van der Waals surface area contributed by atoms with Crippen molar-refractivity contribution in [1.29, 1.82) is 0 Å². The number of rotatable bonds is 8. The van der Waals surface area contributed by atoms with Gasteiger partial charge in [0.2, 0.25) is 0 Å². The Morgan fingerprint density at radius 3 is 2.41 bits per heavy atom. The van der Waals surface area contributed by atoms with Gasteiger partial charge in [-0.1, -0.05) is 57.5 Å². The molecule has 116 valence electrons. The Bertz CT molecular complexity index is 576. The molecule has 0 saturated heterocycles. The minimum Gasteiger partial charge on any atom is -0.497 e. The summed E-state index contributed by atoms with van der Waals surface area (Å²) in [6, 6.07) is 16.9. The van der Waals surface area contributed by atoms with E-state index in [1.54, 1.807) is 17.9 Å². The van der Waals surface area contributed by atoms with Gasteiger partial charge in [0.15, 0.2) is 0 Å². The highest BCUT2D eigenvalue weighted by Gasteiger charge is 1.94. The number of aryl methyl sites for hydroxylation is 1. The van der Waals surface area contributed by atoms with E-state index in [9.17, 15) is 0 Å². The fourth-order valence-corrected chi connectivity index (χ4v) is 4.29.